The van der Waals surface area contributed by atoms with Gasteiger partial charge in [0.15, 0.2) is 11.5 Å². The molecule has 0 radical (unpaired) electrons. The number of aryl methyl sites for hydroxylation is 1. The van der Waals surface area contributed by atoms with Gasteiger partial charge in [-0.3, -0.25) is 9.59 Å². The van der Waals surface area contributed by atoms with Crippen LogP contribution in [-0.4, -0.2) is 60.6 Å². The number of furan rings is 1. The van der Waals surface area contributed by atoms with Crippen molar-refractivity contribution in [3.8, 4) is 11.5 Å². The van der Waals surface area contributed by atoms with Gasteiger partial charge in [-0.25, -0.2) is 0 Å². The SMILES string of the molecule is Cc1ccc(C2/C(=C(\O)c3ccc4c(c3)OCO4)C(=O)C(=O)N2CCN(C)C)o1. The van der Waals surface area contributed by atoms with Gasteiger partial charge in [0.1, 0.15) is 23.3 Å². The Morgan fingerprint density at radius 3 is 2.62 bits per heavy atom. The molecule has 8 nitrogen and oxygen atoms in total. The van der Waals surface area contributed by atoms with Crippen molar-refractivity contribution in [3.63, 3.8) is 0 Å². The number of hydrogen-bond acceptors (Lipinski definition) is 7. The maximum Gasteiger partial charge on any atom is 0.295 e. The van der Waals surface area contributed by atoms with E-state index in [1.807, 2.05) is 19.0 Å². The predicted octanol–water partition coefficient (Wildman–Crippen LogP) is 2.30. The normalized spacial score (nSPS) is 20.1. The lowest BCUT2D eigenvalue weighted by Gasteiger charge is -2.24. The molecule has 0 saturated carbocycles. The Labute approximate surface area is 167 Å². The Bertz CT molecular complexity index is 1010. The highest BCUT2D eigenvalue weighted by Crippen LogP contribution is 2.41. The topological polar surface area (TPSA) is 92.4 Å². The van der Waals surface area contributed by atoms with Crippen molar-refractivity contribution in [3.05, 3.63) is 53.0 Å². The number of rotatable bonds is 5. The summed E-state index contributed by atoms with van der Waals surface area (Å²) in [5.41, 5.74) is 0.370. The van der Waals surface area contributed by atoms with Gasteiger partial charge in [0.25, 0.3) is 11.7 Å². The second-order valence-electron chi connectivity index (χ2n) is 7.31. The fourth-order valence-electron chi connectivity index (χ4n) is 3.51. The number of benzene rings is 1. The smallest absolute Gasteiger partial charge is 0.295 e. The number of Topliss-reactive ketones (excluding diaryl/α,β-unsaturated/α-hetero) is 1. The van der Waals surface area contributed by atoms with Gasteiger partial charge >= 0.3 is 0 Å². The van der Waals surface area contributed by atoms with Crippen LogP contribution >= 0.6 is 0 Å². The summed E-state index contributed by atoms with van der Waals surface area (Å²) in [6.07, 6.45) is 0. The van der Waals surface area contributed by atoms with E-state index in [0.29, 0.717) is 41.7 Å². The van der Waals surface area contributed by atoms with Gasteiger partial charge in [0.05, 0.1) is 5.57 Å². The summed E-state index contributed by atoms with van der Waals surface area (Å²) in [6, 6.07) is 7.57. The van der Waals surface area contributed by atoms with Crippen LogP contribution in [0.5, 0.6) is 11.5 Å². The second kappa shape index (κ2) is 7.29. The molecule has 29 heavy (non-hydrogen) atoms. The summed E-state index contributed by atoms with van der Waals surface area (Å²) in [5.74, 6) is 0.454. The highest BCUT2D eigenvalue weighted by atomic mass is 16.7. The Morgan fingerprint density at radius 1 is 1.17 bits per heavy atom. The molecule has 1 aromatic carbocycles. The number of ether oxygens (including phenoxy) is 2. The van der Waals surface area contributed by atoms with E-state index in [1.54, 1.807) is 37.3 Å². The molecule has 1 atom stereocenters. The summed E-state index contributed by atoms with van der Waals surface area (Å²) < 4.78 is 16.4. The number of carbonyl (C=O) groups is 2. The number of likely N-dealkylation sites (tertiary alicyclic amines) is 1. The number of amides is 1. The molecule has 1 N–H and O–H groups in total. The zero-order valence-corrected chi connectivity index (χ0v) is 16.5. The van der Waals surface area contributed by atoms with E-state index in [1.165, 1.54) is 4.90 Å². The molecule has 2 aromatic rings. The van der Waals surface area contributed by atoms with Gasteiger partial charge in [-0.15, -0.1) is 0 Å². The van der Waals surface area contributed by atoms with Crippen molar-refractivity contribution in [1.29, 1.82) is 0 Å². The molecule has 1 unspecified atom stereocenters. The number of likely N-dealkylation sites (N-methyl/N-ethyl adjacent to an activating group) is 1. The van der Waals surface area contributed by atoms with E-state index in [4.69, 9.17) is 13.9 Å². The van der Waals surface area contributed by atoms with Crippen LogP contribution in [0.15, 0.2) is 40.3 Å². The summed E-state index contributed by atoms with van der Waals surface area (Å²) >= 11 is 0. The molecule has 1 fully saturated rings. The Morgan fingerprint density at radius 2 is 1.93 bits per heavy atom. The third kappa shape index (κ3) is 3.36. The van der Waals surface area contributed by atoms with Crippen molar-refractivity contribution in [2.45, 2.75) is 13.0 Å². The number of ketones is 1. The number of aliphatic hydroxyl groups is 1. The number of nitrogens with zero attached hydrogens (tertiary/aromatic N) is 2. The molecule has 3 heterocycles. The molecule has 0 aliphatic carbocycles. The van der Waals surface area contributed by atoms with Crippen LogP contribution in [0.1, 0.15) is 23.1 Å². The van der Waals surface area contributed by atoms with E-state index in [2.05, 4.69) is 0 Å². The largest absolute Gasteiger partial charge is 0.507 e. The molecule has 152 valence electrons. The predicted molar refractivity (Wildman–Crippen MR) is 104 cm³/mol. The minimum atomic E-state index is -0.797. The molecular weight excluding hydrogens is 376 g/mol. The van der Waals surface area contributed by atoms with E-state index in [0.717, 1.165) is 0 Å². The molecule has 1 aromatic heterocycles. The van der Waals surface area contributed by atoms with Gasteiger partial charge < -0.3 is 28.8 Å². The zero-order chi connectivity index (χ0) is 20.7. The lowest BCUT2D eigenvalue weighted by Crippen LogP contribution is -2.35. The first kappa shape index (κ1) is 19.1. The van der Waals surface area contributed by atoms with Gasteiger partial charge in [-0.2, -0.15) is 0 Å². The minimum absolute atomic E-state index is 0.00183. The van der Waals surface area contributed by atoms with E-state index in [9.17, 15) is 14.7 Å². The Balaban J connectivity index is 1.81. The van der Waals surface area contributed by atoms with Gasteiger partial charge in [-0.05, 0) is 51.4 Å². The van der Waals surface area contributed by atoms with Crippen molar-refractivity contribution in [2.24, 2.45) is 0 Å². The summed E-state index contributed by atoms with van der Waals surface area (Å²) in [6.45, 7) is 2.76. The average molecular weight is 398 g/mol. The highest BCUT2D eigenvalue weighted by molar-refractivity contribution is 6.46. The minimum Gasteiger partial charge on any atom is -0.507 e. The maximum atomic E-state index is 12.9. The van der Waals surface area contributed by atoms with Crippen LogP contribution in [0, 0.1) is 6.92 Å². The van der Waals surface area contributed by atoms with E-state index >= 15 is 0 Å². The van der Waals surface area contributed by atoms with Crippen molar-refractivity contribution in [2.75, 3.05) is 34.0 Å². The van der Waals surface area contributed by atoms with Gasteiger partial charge in [-0.1, -0.05) is 0 Å². The number of carbonyl (C=O) groups excluding carboxylic acids is 2. The van der Waals surface area contributed by atoms with Crippen molar-refractivity contribution >= 4 is 17.4 Å². The van der Waals surface area contributed by atoms with Crippen LogP contribution in [-0.2, 0) is 9.59 Å². The van der Waals surface area contributed by atoms with Crippen LogP contribution in [0.25, 0.3) is 5.76 Å². The average Bonchev–Trinajstić information content (AvgIpc) is 3.38. The van der Waals surface area contributed by atoms with Gasteiger partial charge in [0, 0.05) is 18.7 Å². The monoisotopic (exact) mass is 398 g/mol. The molecule has 1 amide bonds. The van der Waals surface area contributed by atoms with Crippen LogP contribution in [0.3, 0.4) is 0 Å². The molecule has 4 rings (SSSR count). The third-order valence-electron chi connectivity index (χ3n) is 5.00. The number of fused-ring (bicyclic) bond motifs is 1. The fraction of sp³-hybridized carbons (Fsp3) is 0.333. The molecule has 1 saturated heterocycles. The van der Waals surface area contributed by atoms with Crippen LogP contribution < -0.4 is 9.47 Å². The van der Waals surface area contributed by atoms with Gasteiger partial charge in [0.2, 0.25) is 6.79 Å². The fourth-order valence-corrected chi connectivity index (χ4v) is 3.51. The molecule has 2 aliphatic heterocycles. The first-order chi connectivity index (χ1) is 13.9. The van der Waals surface area contributed by atoms with E-state index < -0.39 is 17.7 Å². The Kier molecular flexibility index (Phi) is 4.79. The second-order valence-corrected chi connectivity index (χ2v) is 7.31. The van der Waals surface area contributed by atoms with Crippen LogP contribution in [0.2, 0.25) is 0 Å². The van der Waals surface area contributed by atoms with Crippen molar-refractivity contribution < 1.29 is 28.6 Å². The van der Waals surface area contributed by atoms with Crippen molar-refractivity contribution in [1.82, 2.24) is 9.80 Å². The maximum absolute atomic E-state index is 12.9. The molecule has 8 heteroatoms. The molecule has 0 spiro atoms. The molecule has 2 aliphatic rings. The zero-order valence-electron chi connectivity index (χ0n) is 16.5. The van der Waals surface area contributed by atoms with Crippen LogP contribution in [0.4, 0.5) is 0 Å². The number of hydrogen-bond donors (Lipinski definition) is 1. The summed E-state index contributed by atoms with van der Waals surface area (Å²) in [4.78, 5) is 29.0. The molecule has 0 bridgehead atoms. The number of aliphatic hydroxyl groups excluding tert-OH is 1. The third-order valence-corrected chi connectivity index (χ3v) is 5.00. The lowest BCUT2D eigenvalue weighted by atomic mass is 9.99. The van der Waals surface area contributed by atoms with E-state index in [-0.39, 0.29) is 18.1 Å². The Hall–Kier alpha value is -3.26. The lowest BCUT2D eigenvalue weighted by molar-refractivity contribution is -0.140. The quantitative estimate of drug-likeness (QED) is 0.469. The highest BCUT2D eigenvalue weighted by Gasteiger charge is 2.47. The first-order valence-electron chi connectivity index (χ1n) is 9.26. The summed E-state index contributed by atoms with van der Waals surface area (Å²) in [5, 5.41) is 11.0. The first-order valence-corrected chi connectivity index (χ1v) is 9.26. The standard InChI is InChI=1S/C21H22N2O6/c1-12-4-6-15(29-12)18-17(20(25)21(26)23(18)9-8-22(2)3)19(24)13-5-7-14-16(10-13)28-11-27-14/h4-7,10,18,24H,8-9,11H2,1-3H3/b19-17+. The molecular formula is C21H22N2O6. The summed E-state index contributed by atoms with van der Waals surface area (Å²) in [7, 11) is 3.77.